The van der Waals surface area contributed by atoms with E-state index in [2.05, 4.69) is 15.0 Å². The van der Waals surface area contributed by atoms with Crippen LogP contribution in [0.4, 0.5) is 0 Å². The number of aromatic nitrogens is 3. The molecule has 0 saturated carbocycles. The molecule has 2 aromatic rings. The van der Waals surface area contributed by atoms with Crippen LogP contribution in [0.5, 0.6) is 0 Å². The minimum Gasteiger partial charge on any atom is -0.481 e. The van der Waals surface area contributed by atoms with Crippen LogP contribution in [0.25, 0.3) is 11.5 Å². The summed E-state index contributed by atoms with van der Waals surface area (Å²) < 4.78 is 0. The highest BCUT2D eigenvalue weighted by atomic mass is 16.4. The van der Waals surface area contributed by atoms with Crippen LogP contribution in [0.2, 0.25) is 0 Å². The van der Waals surface area contributed by atoms with Crippen LogP contribution in [0.15, 0.2) is 29.2 Å². The lowest BCUT2D eigenvalue weighted by Gasteiger charge is -2.05. The smallest absolute Gasteiger partial charge is 0.303 e. The van der Waals surface area contributed by atoms with Gasteiger partial charge in [-0.3, -0.25) is 14.6 Å². The standard InChI is InChI=1S/C13H13N3O3/c1-8-9(5-6-11(17)18)13(19)16-12(15-8)10-4-2-3-7-14-10/h2-4,7H,5-6H2,1H3,(H,17,18)(H,15,16,19). The number of aromatic amines is 1. The Morgan fingerprint density at radius 1 is 1.42 bits per heavy atom. The number of rotatable bonds is 4. The number of nitrogens with one attached hydrogen (secondary N) is 1. The molecule has 19 heavy (non-hydrogen) atoms. The Morgan fingerprint density at radius 3 is 2.79 bits per heavy atom. The molecule has 0 aliphatic carbocycles. The molecular formula is C13H13N3O3. The van der Waals surface area contributed by atoms with Gasteiger partial charge in [-0.15, -0.1) is 0 Å². The molecule has 2 heterocycles. The van der Waals surface area contributed by atoms with E-state index in [4.69, 9.17) is 5.11 Å². The van der Waals surface area contributed by atoms with E-state index in [9.17, 15) is 9.59 Å². The van der Waals surface area contributed by atoms with Crippen molar-refractivity contribution >= 4 is 5.97 Å². The third-order valence-electron chi connectivity index (χ3n) is 2.72. The molecule has 2 aromatic heterocycles. The first-order chi connectivity index (χ1) is 9.08. The molecule has 0 saturated heterocycles. The number of carboxylic acids is 1. The van der Waals surface area contributed by atoms with Crippen LogP contribution in [0.1, 0.15) is 17.7 Å². The summed E-state index contributed by atoms with van der Waals surface area (Å²) >= 11 is 0. The van der Waals surface area contributed by atoms with Gasteiger partial charge in [0.15, 0.2) is 5.82 Å². The molecule has 0 aliphatic rings. The zero-order valence-electron chi connectivity index (χ0n) is 10.4. The van der Waals surface area contributed by atoms with Crippen LogP contribution < -0.4 is 5.56 Å². The molecule has 0 atom stereocenters. The second-order valence-electron chi connectivity index (χ2n) is 4.09. The van der Waals surface area contributed by atoms with Crippen LogP contribution in [-0.4, -0.2) is 26.0 Å². The predicted octanol–water partition coefficient (Wildman–Crippen LogP) is 1.16. The number of hydrogen-bond acceptors (Lipinski definition) is 4. The SMILES string of the molecule is Cc1nc(-c2ccccn2)[nH]c(=O)c1CCC(=O)O. The lowest BCUT2D eigenvalue weighted by molar-refractivity contribution is -0.136. The van der Waals surface area contributed by atoms with Crippen molar-refractivity contribution in [2.45, 2.75) is 19.8 Å². The van der Waals surface area contributed by atoms with E-state index >= 15 is 0 Å². The minimum atomic E-state index is -0.937. The van der Waals surface area contributed by atoms with Gasteiger partial charge in [-0.25, -0.2) is 4.98 Å². The van der Waals surface area contributed by atoms with E-state index in [1.165, 1.54) is 0 Å². The van der Waals surface area contributed by atoms with Gasteiger partial charge in [-0.2, -0.15) is 0 Å². The zero-order chi connectivity index (χ0) is 13.8. The number of carboxylic acid groups (broad SMARTS) is 1. The second kappa shape index (κ2) is 5.43. The van der Waals surface area contributed by atoms with Crippen LogP contribution in [-0.2, 0) is 11.2 Å². The first kappa shape index (κ1) is 12.9. The van der Waals surface area contributed by atoms with Gasteiger partial charge in [0.1, 0.15) is 5.69 Å². The highest BCUT2D eigenvalue weighted by molar-refractivity contribution is 5.67. The Labute approximate surface area is 109 Å². The first-order valence-electron chi connectivity index (χ1n) is 5.81. The Bertz CT molecular complexity index is 650. The fraction of sp³-hybridized carbons (Fsp3) is 0.231. The summed E-state index contributed by atoms with van der Waals surface area (Å²) in [5.41, 5.74) is 1.20. The van der Waals surface area contributed by atoms with Crippen molar-refractivity contribution in [3.05, 3.63) is 46.0 Å². The molecule has 0 aliphatic heterocycles. The summed E-state index contributed by atoms with van der Waals surface area (Å²) in [6.07, 6.45) is 1.70. The average molecular weight is 259 g/mol. The summed E-state index contributed by atoms with van der Waals surface area (Å²) in [6, 6.07) is 5.32. The molecule has 0 amide bonds. The van der Waals surface area contributed by atoms with Crippen molar-refractivity contribution in [1.82, 2.24) is 15.0 Å². The number of H-pyrrole nitrogens is 1. The summed E-state index contributed by atoms with van der Waals surface area (Å²) in [6.45, 7) is 1.69. The van der Waals surface area contributed by atoms with Crippen molar-refractivity contribution < 1.29 is 9.90 Å². The summed E-state index contributed by atoms with van der Waals surface area (Å²) in [5.74, 6) is -0.547. The molecule has 6 heteroatoms. The number of carbonyl (C=O) groups is 1. The third-order valence-corrected chi connectivity index (χ3v) is 2.72. The lowest BCUT2D eigenvalue weighted by atomic mass is 10.1. The molecule has 0 unspecified atom stereocenters. The van der Waals surface area contributed by atoms with Gasteiger partial charge < -0.3 is 10.1 Å². The van der Waals surface area contributed by atoms with E-state index in [0.29, 0.717) is 22.8 Å². The van der Waals surface area contributed by atoms with E-state index in [1.54, 1.807) is 31.3 Å². The second-order valence-corrected chi connectivity index (χ2v) is 4.09. The number of aliphatic carboxylic acids is 1. The molecule has 6 nitrogen and oxygen atoms in total. The topological polar surface area (TPSA) is 95.9 Å². The molecule has 2 N–H and O–H groups in total. The molecule has 0 spiro atoms. The van der Waals surface area contributed by atoms with E-state index in [-0.39, 0.29) is 18.4 Å². The maximum absolute atomic E-state index is 11.9. The monoisotopic (exact) mass is 259 g/mol. The first-order valence-corrected chi connectivity index (χ1v) is 5.81. The maximum Gasteiger partial charge on any atom is 0.303 e. The highest BCUT2D eigenvalue weighted by Crippen LogP contribution is 2.11. The minimum absolute atomic E-state index is 0.0888. The molecular weight excluding hydrogens is 246 g/mol. The largest absolute Gasteiger partial charge is 0.481 e. The molecule has 98 valence electrons. The van der Waals surface area contributed by atoms with Crippen molar-refractivity contribution in [2.24, 2.45) is 0 Å². The van der Waals surface area contributed by atoms with Crippen LogP contribution in [0.3, 0.4) is 0 Å². The van der Waals surface area contributed by atoms with Gasteiger partial charge in [0.2, 0.25) is 0 Å². The molecule has 0 bridgehead atoms. The van der Waals surface area contributed by atoms with Gasteiger partial charge in [0.25, 0.3) is 5.56 Å². The summed E-state index contributed by atoms with van der Waals surface area (Å²) in [4.78, 5) is 33.5. The van der Waals surface area contributed by atoms with Crippen molar-refractivity contribution in [1.29, 1.82) is 0 Å². The zero-order valence-corrected chi connectivity index (χ0v) is 10.4. The van der Waals surface area contributed by atoms with E-state index in [1.807, 2.05) is 0 Å². The van der Waals surface area contributed by atoms with E-state index < -0.39 is 5.97 Å². The molecule has 0 aromatic carbocycles. The third kappa shape index (κ3) is 3.04. The highest BCUT2D eigenvalue weighted by Gasteiger charge is 2.11. The number of aryl methyl sites for hydroxylation is 1. The number of hydrogen-bond donors (Lipinski definition) is 2. The Morgan fingerprint density at radius 2 is 2.21 bits per heavy atom. The summed E-state index contributed by atoms with van der Waals surface area (Å²) in [5, 5.41) is 8.65. The van der Waals surface area contributed by atoms with Crippen molar-refractivity contribution in [2.75, 3.05) is 0 Å². The van der Waals surface area contributed by atoms with Gasteiger partial charge >= 0.3 is 5.97 Å². The van der Waals surface area contributed by atoms with Crippen LogP contribution >= 0.6 is 0 Å². The molecule has 2 rings (SSSR count). The summed E-state index contributed by atoms with van der Waals surface area (Å²) in [7, 11) is 0. The molecule has 0 radical (unpaired) electrons. The fourth-order valence-electron chi connectivity index (χ4n) is 1.76. The van der Waals surface area contributed by atoms with Crippen molar-refractivity contribution in [3.8, 4) is 11.5 Å². The van der Waals surface area contributed by atoms with Gasteiger partial charge in [0, 0.05) is 23.9 Å². The maximum atomic E-state index is 11.9. The lowest BCUT2D eigenvalue weighted by Crippen LogP contribution is -2.18. The van der Waals surface area contributed by atoms with Gasteiger partial charge in [0.05, 0.1) is 0 Å². The van der Waals surface area contributed by atoms with Gasteiger partial charge in [-0.05, 0) is 25.5 Å². The van der Waals surface area contributed by atoms with Gasteiger partial charge in [-0.1, -0.05) is 6.07 Å². The quantitative estimate of drug-likeness (QED) is 0.858. The fourth-order valence-corrected chi connectivity index (χ4v) is 1.76. The van der Waals surface area contributed by atoms with E-state index in [0.717, 1.165) is 0 Å². The molecule has 0 fully saturated rings. The van der Waals surface area contributed by atoms with Crippen LogP contribution in [0, 0.1) is 6.92 Å². The Kier molecular flexibility index (Phi) is 3.70. The number of nitrogens with zero attached hydrogens (tertiary/aromatic N) is 2. The van der Waals surface area contributed by atoms with Crippen molar-refractivity contribution in [3.63, 3.8) is 0 Å². The normalized spacial score (nSPS) is 10.4. The average Bonchev–Trinajstić information content (AvgIpc) is 2.38. The number of pyridine rings is 1. The Balaban J connectivity index is 2.37. The Hall–Kier alpha value is -2.50. The predicted molar refractivity (Wildman–Crippen MR) is 68.8 cm³/mol.